The number of nitrogens with one attached hydrogen (secondary N) is 1. The van der Waals surface area contributed by atoms with E-state index in [4.69, 9.17) is 16.3 Å². The van der Waals surface area contributed by atoms with Gasteiger partial charge < -0.3 is 15.0 Å². The Labute approximate surface area is 165 Å². The Kier molecular flexibility index (Phi) is 6.01. The molecule has 6 nitrogen and oxygen atoms in total. The normalized spacial score (nSPS) is 14.8. The number of morpholine rings is 1. The first-order chi connectivity index (χ1) is 12.5. The number of hydrogen-bond donors (Lipinski definition) is 1. The number of aryl methyl sites for hydroxylation is 2. The highest BCUT2D eigenvalue weighted by Crippen LogP contribution is 2.30. The molecule has 3 rings (SSSR count). The number of nitrogens with zero attached hydrogens (tertiary/aromatic N) is 3. The molecule has 0 radical (unpaired) electrons. The maximum absolute atomic E-state index is 12.4. The fourth-order valence-corrected chi connectivity index (χ4v) is 3.46. The van der Waals surface area contributed by atoms with Gasteiger partial charge in [0.05, 0.1) is 30.3 Å². The maximum atomic E-state index is 12.4. The van der Waals surface area contributed by atoms with Gasteiger partial charge in [-0.2, -0.15) is 5.10 Å². The van der Waals surface area contributed by atoms with Crippen LogP contribution in [0.25, 0.3) is 6.08 Å². The lowest BCUT2D eigenvalue weighted by Crippen LogP contribution is -2.36. The maximum Gasteiger partial charge on any atom is 0.248 e. The van der Waals surface area contributed by atoms with Crippen LogP contribution in [0.1, 0.15) is 11.3 Å². The smallest absolute Gasteiger partial charge is 0.248 e. The summed E-state index contributed by atoms with van der Waals surface area (Å²) in [5.41, 5.74) is 3.25. The summed E-state index contributed by atoms with van der Waals surface area (Å²) in [5, 5.41) is 7.70. The third kappa shape index (κ3) is 4.28. The highest BCUT2D eigenvalue weighted by atomic mass is 79.9. The molecule has 0 bridgehead atoms. The van der Waals surface area contributed by atoms with Crippen LogP contribution >= 0.6 is 27.5 Å². The van der Waals surface area contributed by atoms with Gasteiger partial charge in [-0.25, -0.2) is 0 Å². The molecule has 0 aliphatic carbocycles. The lowest BCUT2D eigenvalue weighted by Gasteiger charge is -2.30. The molecule has 2 heterocycles. The molecule has 8 heteroatoms. The second kappa shape index (κ2) is 8.24. The topological polar surface area (TPSA) is 59.4 Å². The molecule has 1 aliphatic rings. The highest BCUT2D eigenvalue weighted by molar-refractivity contribution is 9.10. The summed E-state index contributed by atoms with van der Waals surface area (Å²) in [6.45, 7) is 4.81. The van der Waals surface area contributed by atoms with Gasteiger partial charge in [0.15, 0.2) is 0 Å². The summed E-state index contributed by atoms with van der Waals surface area (Å²) in [4.78, 5) is 14.6. The predicted molar refractivity (Wildman–Crippen MR) is 108 cm³/mol. The molecule has 0 spiro atoms. The number of carbonyl (C=O) groups excluding carboxylic acids is 1. The Balaban J connectivity index is 1.78. The molecule has 1 N–H and O–H groups in total. The Hall–Kier alpha value is -1.83. The molecule has 26 heavy (non-hydrogen) atoms. The zero-order valence-corrected chi connectivity index (χ0v) is 17.0. The van der Waals surface area contributed by atoms with E-state index in [1.165, 1.54) is 6.08 Å². The van der Waals surface area contributed by atoms with E-state index in [0.717, 1.165) is 40.2 Å². The molecule has 1 saturated heterocycles. The van der Waals surface area contributed by atoms with Crippen molar-refractivity contribution in [2.75, 3.05) is 36.5 Å². The van der Waals surface area contributed by atoms with Gasteiger partial charge in [-0.05, 0) is 31.2 Å². The number of ether oxygens (including phenoxy) is 1. The van der Waals surface area contributed by atoms with Crippen molar-refractivity contribution in [2.45, 2.75) is 6.92 Å². The molecule has 0 atom stereocenters. The Morgan fingerprint density at radius 3 is 2.77 bits per heavy atom. The van der Waals surface area contributed by atoms with Crippen molar-refractivity contribution < 1.29 is 9.53 Å². The summed E-state index contributed by atoms with van der Waals surface area (Å²) in [5.74, 6) is -0.225. The standard InChI is InChI=1S/C18H20BrClN4O2/c1-12-14(18(20)23(2)22-12)4-6-17(25)21-15-11-13(19)3-5-16(15)24-7-9-26-10-8-24/h3-6,11H,7-10H2,1-2H3,(H,21,25)/b6-4+. The van der Waals surface area contributed by atoms with Crippen LogP contribution in [-0.4, -0.2) is 42.0 Å². The van der Waals surface area contributed by atoms with E-state index in [1.54, 1.807) is 17.8 Å². The quantitative estimate of drug-likeness (QED) is 0.739. The number of aromatic nitrogens is 2. The number of halogens is 2. The summed E-state index contributed by atoms with van der Waals surface area (Å²) in [6, 6.07) is 5.87. The largest absolute Gasteiger partial charge is 0.378 e. The van der Waals surface area contributed by atoms with Crippen LogP contribution in [0.4, 0.5) is 11.4 Å². The van der Waals surface area contributed by atoms with Crippen LogP contribution < -0.4 is 10.2 Å². The van der Waals surface area contributed by atoms with Crippen molar-refractivity contribution in [1.82, 2.24) is 9.78 Å². The van der Waals surface area contributed by atoms with E-state index in [1.807, 2.05) is 25.1 Å². The number of rotatable bonds is 4. The number of hydrogen-bond acceptors (Lipinski definition) is 4. The number of carbonyl (C=O) groups is 1. The number of benzene rings is 1. The molecule has 2 aromatic rings. The minimum Gasteiger partial charge on any atom is -0.378 e. The lowest BCUT2D eigenvalue weighted by atomic mass is 10.2. The van der Waals surface area contributed by atoms with Gasteiger partial charge in [0.1, 0.15) is 5.15 Å². The van der Waals surface area contributed by atoms with E-state index in [0.29, 0.717) is 18.4 Å². The molecule has 138 valence electrons. The van der Waals surface area contributed by atoms with Crippen LogP contribution in [0.15, 0.2) is 28.7 Å². The van der Waals surface area contributed by atoms with Crippen molar-refractivity contribution in [3.8, 4) is 0 Å². The lowest BCUT2D eigenvalue weighted by molar-refractivity contribution is -0.111. The summed E-state index contributed by atoms with van der Waals surface area (Å²) in [6.07, 6.45) is 3.16. The van der Waals surface area contributed by atoms with Gasteiger partial charge >= 0.3 is 0 Å². The molecule has 1 aromatic heterocycles. The Morgan fingerprint density at radius 1 is 1.38 bits per heavy atom. The molecule has 0 unspecified atom stereocenters. The number of amides is 1. The van der Waals surface area contributed by atoms with Gasteiger partial charge in [0.2, 0.25) is 5.91 Å². The molecule has 0 saturated carbocycles. The van der Waals surface area contributed by atoms with E-state index in [2.05, 4.69) is 31.2 Å². The minimum absolute atomic E-state index is 0.225. The molecule has 1 amide bonds. The van der Waals surface area contributed by atoms with E-state index in [-0.39, 0.29) is 5.91 Å². The van der Waals surface area contributed by atoms with E-state index in [9.17, 15) is 4.79 Å². The predicted octanol–water partition coefficient (Wildman–Crippen LogP) is 3.63. The van der Waals surface area contributed by atoms with Gasteiger partial charge in [-0.15, -0.1) is 0 Å². The van der Waals surface area contributed by atoms with Crippen LogP contribution in [-0.2, 0) is 16.6 Å². The molecule has 1 aliphatic heterocycles. The average Bonchev–Trinajstić information content (AvgIpc) is 2.86. The fourth-order valence-electron chi connectivity index (χ4n) is 2.86. The van der Waals surface area contributed by atoms with Crippen molar-refractivity contribution in [1.29, 1.82) is 0 Å². The first kappa shape index (κ1) is 18.9. The molecule has 1 aromatic carbocycles. The van der Waals surface area contributed by atoms with Crippen LogP contribution in [0.5, 0.6) is 0 Å². The van der Waals surface area contributed by atoms with Crippen LogP contribution in [0, 0.1) is 6.92 Å². The van der Waals surface area contributed by atoms with Crippen molar-refractivity contribution in [2.24, 2.45) is 7.05 Å². The summed E-state index contributed by atoms with van der Waals surface area (Å²) < 4.78 is 7.89. The zero-order chi connectivity index (χ0) is 18.7. The average molecular weight is 440 g/mol. The Bertz CT molecular complexity index is 844. The first-order valence-corrected chi connectivity index (χ1v) is 9.43. The van der Waals surface area contributed by atoms with Crippen molar-refractivity contribution >= 4 is 50.9 Å². The third-order valence-electron chi connectivity index (χ3n) is 4.17. The van der Waals surface area contributed by atoms with E-state index < -0.39 is 0 Å². The van der Waals surface area contributed by atoms with E-state index >= 15 is 0 Å². The monoisotopic (exact) mass is 438 g/mol. The van der Waals surface area contributed by atoms with Gasteiger partial charge in [0.25, 0.3) is 0 Å². The number of anilines is 2. The SMILES string of the molecule is Cc1nn(C)c(Cl)c1/C=C/C(=O)Nc1cc(Br)ccc1N1CCOCC1. The second-order valence-corrected chi connectivity index (χ2v) is 7.27. The third-order valence-corrected chi connectivity index (χ3v) is 5.11. The molecular weight excluding hydrogens is 420 g/mol. The van der Waals surface area contributed by atoms with Crippen LogP contribution in [0.3, 0.4) is 0 Å². The van der Waals surface area contributed by atoms with Gasteiger partial charge in [0, 0.05) is 36.2 Å². The summed E-state index contributed by atoms with van der Waals surface area (Å²) >= 11 is 9.66. The zero-order valence-electron chi connectivity index (χ0n) is 14.6. The Morgan fingerprint density at radius 2 is 2.12 bits per heavy atom. The summed E-state index contributed by atoms with van der Waals surface area (Å²) in [7, 11) is 1.77. The van der Waals surface area contributed by atoms with Crippen molar-refractivity contribution in [3.05, 3.63) is 45.2 Å². The molecular formula is C18H20BrClN4O2. The fraction of sp³-hybridized carbons (Fsp3) is 0.333. The minimum atomic E-state index is -0.225. The van der Waals surface area contributed by atoms with Gasteiger partial charge in [-0.3, -0.25) is 9.48 Å². The first-order valence-electron chi connectivity index (χ1n) is 8.26. The van der Waals surface area contributed by atoms with Crippen LogP contribution in [0.2, 0.25) is 5.15 Å². The second-order valence-electron chi connectivity index (χ2n) is 6.00. The molecule has 1 fully saturated rings. The van der Waals surface area contributed by atoms with Gasteiger partial charge in [-0.1, -0.05) is 27.5 Å². The highest BCUT2D eigenvalue weighted by Gasteiger charge is 2.16. The van der Waals surface area contributed by atoms with Crippen molar-refractivity contribution in [3.63, 3.8) is 0 Å².